The molecule has 5 heteroatoms. The van der Waals surface area contributed by atoms with Crippen LogP contribution in [0.1, 0.15) is 31.2 Å². The zero-order chi connectivity index (χ0) is 17.7. The van der Waals surface area contributed by atoms with E-state index in [0.29, 0.717) is 0 Å². The number of aromatic nitrogens is 1. The summed E-state index contributed by atoms with van der Waals surface area (Å²) in [6, 6.07) is 12.0. The Hall–Kier alpha value is -2.27. The molecule has 0 amide bonds. The van der Waals surface area contributed by atoms with Crippen LogP contribution in [0.15, 0.2) is 42.6 Å². The maximum atomic E-state index is 5.33. The summed E-state index contributed by atoms with van der Waals surface area (Å²) < 4.78 is 10.6. The van der Waals surface area contributed by atoms with Gasteiger partial charge in [0.15, 0.2) is 11.5 Å². The second-order valence-corrected chi connectivity index (χ2v) is 5.92. The smallest absolute Gasteiger partial charge is 0.161 e. The summed E-state index contributed by atoms with van der Waals surface area (Å²) in [5, 5.41) is 6.82. The molecule has 2 aromatic rings. The van der Waals surface area contributed by atoms with Crippen molar-refractivity contribution in [3.63, 3.8) is 0 Å². The lowest BCUT2D eigenvalue weighted by atomic mass is 10.1. The van der Waals surface area contributed by atoms with Gasteiger partial charge in [0.2, 0.25) is 0 Å². The summed E-state index contributed by atoms with van der Waals surface area (Å²) >= 11 is 0. The normalized spacial score (nSPS) is 10.5. The van der Waals surface area contributed by atoms with Gasteiger partial charge in [0, 0.05) is 19.3 Å². The first-order valence-electron chi connectivity index (χ1n) is 8.90. The number of methoxy groups -OCH3 is 2. The largest absolute Gasteiger partial charge is 0.493 e. The lowest BCUT2D eigenvalue weighted by Crippen LogP contribution is -2.14. The molecule has 0 atom stereocenters. The fraction of sp³-hybridized carbons (Fsp3) is 0.450. The minimum Gasteiger partial charge on any atom is -0.493 e. The predicted octanol–water partition coefficient (Wildman–Crippen LogP) is 3.86. The number of unbranched alkanes of at least 4 members (excludes halogenated alkanes) is 3. The average molecular weight is 343 g/mol. The van der Waals surface area contributed by atoms with Crippen molar-refractivity contribution < 1.29 is 9.47 Å². The van der Waals surface area contributed by atoms with Crippen molar-refractivity contribution in [1.82, 2.24) is 10.3 Å². The molecule has 2 N–H and O–H groups in total. The Balaban J connectivity index is 1.51. The number of rotatable bonds is 12. The van der Waals surface area contributed by atoms with Gasteiger partial charge in [0.25, 0.3) is 0 Å². The van der Waals surface area contributed by atoms with Crippen LogP contribution >= 0.6 is 0 Å². The number of ether oxygens (including phenoxy) is 2. The fourth-order valence-corrected chi connectivity index (χ4v) is 2.64. The predicted molar refractivity (Wildman–Crippen MR) is 102 cm³/mol. The molecule has 25 heavy (non-hydrogen) atoms. The van der Waals surface area contributed by atoms with Gasteiger partial charge in [-0.25, -0.2) is 4.98 Å². The topological polar surface area (TPSA) is 55.4 Å². The fourth-order valence-electron chi connectivity index (χ4n) is 2.64. The molecule has 0 unspecified atom stereocenters. The summed E-state index contributed by atoms with van der Waals surface area (Å²) in [6.07, 6.45) is 6.65. The second-order valence-electron chi connectivity index (χ2n) is 5.92. The van der Waals surface area contributed by atoms with Gasteiger partial charge in [-0.15, -0.1) is 0 Å². The molecule has 0 bridgehead atoms. The van der Waals surface area contributed by atoms with Gasteiger partial charge in [-0.2, -0.15) is 0 Å². The van der Waals surface area contributed by atoms with E-state index in [0.717, 1.165) is 37.0 Å². The van der Waals surface area contributed by atoms with E-state index < -0.39 is 0 Å². The highest BCUT2D eigenvalue weighted by atomic mass is 16.5. The van der Waals surface area contributed by atoms with Crippen molar-refractivity contribution in [3.05, 3.63) is 48.2 Å². The van der Waals surface area contributed by atoms with Gasteiger partial charge in [-0.1, -0.05) is 25.0 Å². The van der Waals surface area contributed by atoms with Gasteiger partial charge in [-0.05, 0) is 49.2 Å². The number of nitrogens with zero attached hydrogens (tertiary/aromatic N) is 1. The highest BCUT2D eigenvalue weighted by Crippen LogP contribution is 2.27. The lowest BCUT2D eigenvalue weighted by molar-refractivity contribution is 0.354. The zero-order valence-electron chi connectivity index (χ0n) is 15.3. The van der Waals surface area contributed by atoms with E-state index in [1.165, 1.54) is 31.2 Å². The van der Waals surface area contributed by atoms with E-state index in [1.54, 1.807) is 14.2 Å². The average Bonchev–Trinajstić information content (AvgIpc) is 2.67. The molecule has 0 aliphatic heterocycles. The van der Waals surface area contributed by atoms with Crippen LogP contribution in [0, 0.1) is 0 Å². The molecule has 136 valence electrons. The van der Waals surface area contributed by atoms with E-state index in [2.05, 4.69) is 21.7 Å². The molecule has 0 saturated heterocycles. The van der Waals surface area contributed by atoms with E-state index in [9.17, 15) is 0 Å². The molecule has 0 radical (unpaired) electrons. The molecule has 0 fully saturated rings. The molecule has 0 spiro atoms. The lowest BCUT2D eigenvalue weighted by Gasteiger charge is -2.10. The number of hydrogen-bond acceptors (Lipinski definition) is 5. The monoisotopic (exact) mass is 343 g/mol. The Morgan fingerprint density at radius 3 is 2.40 bits per heavy atom. The van der Waals surface area contributed by atoms with Crippen LogP contribution in [-0.2, 0) is 6.54 Å². The third kappa shape index (κ3) is 7.01. The van der Waals surface area contributed by atoms with Gasteiger partial charge in [0.1, 0.15) is 5.82 Å². The first kappa shape index (κ1) is 19.1. The molecule has 2 rings (SSSR count). The summed E-state index contributed by atoms with van der Waals surface area (Å²) in [7, 11) is 3.32. The Bertz CT molecular complexity index is 605. The van der Waals surface area contributed by atoms with Gasteiger partial charge >= 0.3 is 0 Å². The first-order chi connectivity index (χ1) is 12.3. The third-order valence-corrected chi connectivity index (χ3v) is 4.03. The standard InChI is InChI=1S/C20H29N3O2/c1-24-18-11-10-17(15-19(18)25-2)16-21-12-6-3-4-7-13-22-20-9-5-8-14-23-20/h5,8-11,14-15,21H,3-4,6-7,12-13,16H2,1-2H3,(H,22,23). The number of benzene rings is 1. The minimum absolute atomic E-state index is 0.769. The molecule has 1 aromatic heterocycles. The zero-order valence-corrected chi connectivity index (χ0v) is 15.3. The number of pyridine rings is 1. The number of nitrogens with one attached hydrogen (secondary N) is 2. The Kier molecular flexibility index (Phi) is 8.63. The van der Waals surface area contributed by atoms with Crippen LogP contribution in [-0.4, -0.2) is 32.3 Å². The molecule has 0 saturated carbocycles. The van der Waals surface area contributed by atoms with Crippen LogP contribution in [0.5, 0.6) is 11.5 Å². The maximum absolute atomic E-state index is 5.33. The SMILES string of the molecule is COc1ccc(CNCCCCCCNc2ccccn2)cc1OC. The molecular formula is C20H29N3O2. The molecule has 1 heterocycles. The Morgan fingerprint density at radius 1 is 0.880 bits per heavy atom. The number of hydrogen-bond donors (Lipinski definition) is 2. The van der Waals surface area contributed by atoms with E-state index in [1.807, 2.05) is 36.5 Å². The van der Waals surface area contributed by atoms with Crippen molar-refractivity contribution in [1.29, 1.82) is 0 Å². The quantitative estimate of drug-likeness (QED) is 0.573. The van der Waals surface area contributed by atoms with Crippen LogP contribution in [0.25, 0.3) is 0 Å². The third-order valence-electron chi connectivity index (χ3n) is 4.03. The summed E-state index contributed by atoms with van der Waals surface area (Å²) in [6.45, 7) is 2.86. The van der Waals surface area contributed by atoms with Crippen LogP contribution in [0.3, 0.4) is 0 Å². The van der Waals surface area contributed by atoms with E-state index in [4.69, 9.17) is 9.47 Å². The summed E-state index contributed by atoms with van der Waals surface area (Å²) in [4.78, 5) is 4.25. The summed E-state index contributed by atoms with van der Waals surface area (Å²) in [5.74, 6) is 2.51. The summed E-state index contributed by atoms with van der Waals surface area (Å²) in [5.41, 5.74) is 1.21. The van der Waals surface area contributed by atoms with Crippen LogP contribution < -0.4 is 20.1 Å². The molecule has 1 aromatic carbocycles. The number of anilines is 1. The molecule has 5 nitrogen and oxygen atoms in total. The van der Waals surface area contributed by atoms with Gasteiger partial charge in [-0.3, -0.25) is 0 Å². The van der Waals surface area contributed by atoms with Crippen molar-refractivity contribution >= 4 is 5.82 Å². The van der Waals surface area contributed by atoms with E-state index >= 15 is 0 Å². The van der Waals surface area contributed by atoms with Crippen molar-refractivity contribution in [2.75, 3.05) is 32.6 Å². The van der Waals surface area contributed by atoms with Gasteiger partial charge in [0.05, 0.1) is 14.2 Å². The minimum atomic E-state index is 0.769. The highest BCUT2D eigenvalue weighted by Gasteiger charge is 2.04. The molecule has 0 aliphatic carbocycles. The van der Waals surface area contributed by atoms with Gasteiger partial charge < -0.3 is 20.1 Å². The second kappa shape index (κ2) is 11.3. The molecule has 0 aliphatic rings. The van der Waals surface area contributed by atoms with Crippen molar-refractivity contribution in [3.8, 4) is 11.5 Å². The first-order valence-corrected chi connectivity index (χ1v) is 8.90. The maximum Gasteiger partial charge on any atom is 0.161 e. The van der Waals surface area contributed by atoms with Crippen molar-refractivity contribution in [2.24, 2.45) is 0 Å². The van der Waals surface area contributed by atoms with Crippen LogP contribution in [0.4, 0.5) is 5.82 Å². The van der Waals surface area contributed by atoms with Crippen molar-refractivity contribution in [2.45, 2.75) is 32.2 Å². The van der Waals surface area contributed by atoms with Crippen LogP contribution in [0.2, 0.25) is 0 Å². The molecular weight excluding hydrogens is 314 g/mol. The Labute approximate surface area is 150 Å². The highest BCUT2D eigenvalue weighted by molar-refractivity contribution is 5.42. The van der Waals surface area contributed by atoms with E-state index in [-0.39, 0.29) is 0 Å². The Morgan fingerprint density at radius 2 is 1.68 bits per heavy atom.